The number of thioether (sulfide) groups is 1. The Balaban J connectivity index is 1.63. The molecule has 2 N–H and O–H groups in total. The van der Waals surface area contributed by atoms with Gasteiger partial charge in [0.15, 0.2) is 0 Å². The Hall–Kier alpha value is -3.20. The number of rotatable bonds is 6. The Morgan fingerprint density at radius 1 is 1.03 bits per heavy atom. The lowest BCUT2D eigenvalue weighted by Gasteiger charge is -2.19. The fourth-order valence-corrected chi connectivity index (χ4v) is 3.42. The second-order valence-corrected chi connectivity index (χ2v) is 8.71. The molecule has 0 saturated heterocycles. The number of tetrazole rings is 1. The topological polar surface area (TPSA) is 102 Å². The molecule has 0 fully saturated rings. The molecule has 0 aliphatic heterocycles. The van der Waals surface area contributed by atoms with Crippen molar-refractivity contribution in [3.05, 3.63) is 54.1 Å². The van der Waals surface area contributed by atoms with Crippen LogP contribution < -0.4 is 10.6 Å². The summed E-state index contributed by atoms with van der Waals surface area (Å²) >= 11 is 1.23. The molecule has 0 bridgehead atoms. The molecule has 8 nitrogen and oxygen atoms in total. The first-order valence-corrected chi connectivity index (χ1v) is 10.4. The molecule has 0 saturated carbocycles. The van der Waals surface area contributed by atoms with E-state index in [2.05, 4.69) is 46.9 Å². The third-order valence-electron chi connectivity index (χ3n) is 4.22. The van der Waals surface area contributed by atoms with Gasteiger partial charge in [-0.15, -0.1) is 5.10 Å². The van der Waals surface area contributed by atoms with Crippen LogP contribution in [0.5, 0.6) is 0 Å². The third-order valence-corrected chi connectivity index (χ3v) is 5.14. The number of hydrogen-bond donors (Lipinski definition) is 2. The zero-order valence-electron chi connectivity index (χ0n) is 17.3. The van der Waals surface area contributed by atoms with Crippen molar-refractivity contribution in [2.75, 3.05) is 16.4 Å². The van der Waals surface area contributed by atoms with Crippen molar-refractivity contribution in [3.8, 4) is 5.69 Å². The second-order valence-electron chi connectivity index (χ2n) is 7.77. The highest BCUT2D eigenvalue weighted by Gasteiger charge is 2.14. The van der Waals surface area contributed by atoms with Crippen molar-refractivity contribution in [2.45, 2.75) is 38.3 Å². The molecule has 9 heteroatoms. The minimum atomic E-state index is -0.161. The normalized spacial score (nSPS) is 11.2. The van der Waals surface area contributed by atoms with Gasteiger partial charge in [-0.25, -0.2) is 0 Å². The van der Waals surface area contributed by atoms with Crippen LogP contribution in [0.15, 0.2) is 53.7 Å². The highest BCUT2D eigenvalue weighted by Crippen LogP contribution is 2.24. The Morgan fingerprint density at radius 2 is 1.77 bits per heavy atom. The van der Waals surface area contributed by atoms with Gasteiger partial charge in [-0.05, 0) is 51.7 Å². The van der Waals surface area contributed by atoms with Crippen LogP contribution in [0.2, 0.25) is 0 Å². The molecular formula is C21H24N6O2S. The SMILES string of the molecule is CC(=O)Nc1cccc(-n2nnnc2SCC(=O)Nc2ccc(C(C)(C)C)cc2)c1. The largest absolute Gasteiger partial charge is 0.326 e. The number of benzene rings is 2. The molecule has 0 spiro atoms. The number of amides is 2. The van der Waals surface area contributed by atoms with Crippen LogP contribution in [0, 0.1) is 0 Å². The zero-order valence-corrected chi connectivity index (χ0v) is 18.2. The van der Waals surface area contributed by atoms with Gasteiger partial charge in [-0.3, -0.25) is 9.59 Å². The molecule has 2 aromatic carbocycles. The summed E-state index contributed by atoms with van der Waals surface area (Å²) < 4.78 is 1.53. The van der Waals surface area contributed by atoms with Crippen LogP contribution in [0.4, 0.5) is 11.4 Å². The van der Waals surface area contributed by atoms with E-state index in [1.54, 1.807) is 18.2 Å². The first-order chi connectivity index (χ1) is 14.2. The summed E-state index contributed by atoms with van der Waals surface area (Å²) in [4.78, 5) is 23.6. The fourth-order valence-electron chi connectivity index (χ4n) is 2.73. The number of anilines is 2. The predicted octanol–water partition coefficient (Wildman–Crippen LogP) is 3.65. The lowest BCUT2D eigenvalue weighted by molar-refractivity contribution is -0.114. The lowest BCUT2D eigenvalue weighted by Crippen LogP contribution is -2.15. The quantitative estimate of drug-likeness (QED) is 0.586. The van der Waals surface area contributed by atoms with Crippen LogP contribution in [-0.2, 0) is 15.0 Å². The van der Waals surface area contributed by atoms with Crippen molar-refractivity contribution in [1.29, 1.82) is 0 Å². The van der Waals surface area contributed by atoms with Crippen molar-refractivity contribution >= 4 is 35.0 Å². The average molecular weight is 425 g/mol. The Kier molecular flexibility index (Phi) is 6.51. The third kappa shape index (κ3) is 5.66. The van der Waals surface area contributed by atoms with Gasteiger partial charge in [0.25, 0.3) is 0 Å². The van der Waals surface area contributed by atoms with Gasteiger partial charge >= 0.3 is 0 Å². The van der Waals surface area contributed by atoms with Gasteiger partial charge in [0.1, 0.15) is 0 Å². The van der Waals surface area contributed by atoms with E-state index < -0.39 is 0 Å². The molecule has 3 aromatic rings. The molecule has 1 aromatic heterocycles. The molecule has 30 heavy (non-hydrogen) atoms. The average Bonchev–Trinajstić information content (AvgIpc) is 3.14. The maximum absolute atomic E-state index is 12.4. The van der Waals surface area contributed by atoms with Crippen LogP contribution >= 0.6 is 11.8 Å². The minimum Gasteiger partial charge on any atom is -0.326 e. The molecule has 3 rings (SSSR count). The number of nitrogens with zero attached hydrogens (tertiary/aromatic N) is 4. The van der Waals surface area contributed by atoms with E-state index in [1.165, 1.54) is 28.9 Å². The van der Waals surface area contributed by atoms with Crippen LogP contribution in [0.1, 0.15) is 33.3 Å². The van der Waals surface area contributed by atoms with E-state index in [-0.39, 0.29) is 23.0 Å². The number of hydrogen-bond acceptors (Lipinski definition) is 6. The maximum atomic E-state index is 12.4. The summed E-state index contributed by atoms with van der Waals surface area (Å²) in [6.07, 6.45) is 0. The van der Waals surface area contributed by atoms with Gasteiger partial charge in [0, 0.05) is 18.3 Å². The van der Waals surface area contributed by atoms with Crippen molar-refractivity contribution in [2.24, 2.45) is 0 Å². The zero-order chi connectivity index (χ0) is 21.7. The molecule has 0 aliphatic carbocycles. The molecular weight excluding hydrogens is 400 g/mol. The lowest BCUT2D eigenvalue weighted by atomic mass is 9.87. The van der Waals surface area contributed by atoms with Gasteiger partial charge in [-0.1, -0.05) is 50.7 Å². The number of nitrogens with one attached hydrogen (secondary N) is 2. The second kappa shape index (κ2) is 9.08. The summed E-state index contributed by atoms with van der Waals surface area (Å²) in [5, 5.41) is 17.8. The number of carbonyl (C=O) groups is 2. The van der Waals surface area contributed by atoms with E-state index in [0.717, 1.165) is 5.69 Å². The van der Waals surface area contributed by atoms with E-state index in [0.29, 0.717) is 16.5 Å². The highest BCUT2D eigenvalue weighted by molar-refractivity contribution is 7.99. The Labute approximate surface area is 179 Å². The van der Waals surface area contributed by atoms with Crippen molar-refractivity contribution < 1.29 is 9.59 Å². The Morgan fingerprint density at radius 3 is 2.43 bits per heavy atom. The molecule has 0 aliphatic rings. The van der Waals surface area contributed by atoms with Crippen LogP contribution in [-0.4, -0.2) is 37.8 Å². The molecule has 156 valence electrons. The highest BCUT2D eigenvalue weighted by atomic mass is 32.2. The van der Waals surface area contributed by atoms with E-state index >= 15 is 0 Å². The minimum absolute atomic E-state index is 0.0622. The fraction of sp³-hybridized carbons (Fsp3) is 0.286. The molecule has 1 heterocycles. The Bertz CT molecular complexity index is 1040. The van der Waals surface area contributed by atoms with Crippen molar-refractivity contribution in [1.82, 2.24) is 20.2 Å². The van der Waals surface area contributed by atoms with E-state index in [1.807, 2.05) is 30.3 Å². The predicted molar refractivity (Wildman–Crippen MR) is 118 cm³/mol. The standard InChI is InChI=1S/C21H24N6O2S/c1-14(28)22-17-6-5-7-18(12-17)27-20(24-25-26-27)30-13-19(29)23-16-10-8-15(9-11-16)21(2,3)4/h5-12H,13H2,1-4H3,(H,22,28)(H,23,29). The number of aromatic nitrogens is 4. The van der Waals surface area contributed by atoms with Gasteiger partial charge in [-0.2, -0.15) is 4.68 Å². The van der Waals surface area contributed by atoms with E-state index in [4.69, 9.17) is 0 Å². The molecule has 0 atom stereocenters. The smallest absolute Gasteiger partial charge is 0.234 e. The number of carbonyl (C=O) groups excluding carboxylic acids is 2. The summed E-state index contributed by atoms with van der Waals surface area (Å²) in [7, 11) is 0. The van der Waals surface area contributed by atoms with Crippen molar-refractivity contribution in [3.63, 3.8) is 0 Å². The molecule has 2 amide bonds. The molecule has 0 unspecified atom stereocenters. The summed E-state index contributed by atoms with van der Waals surface area (Å²) in [6, 6.07) is 15.0. The summed E-state index contributed by atoms with van der Waals surface area (Å²) in [5.74, 6) is -0.150. The first-order valence-electron chi connectivity index (χ1n) is 9.42. The van der Waals surface area contributed by atoms with Gasteiger partial charge in [0.05, 0.1) is 11.4 Å². The van der Waals surface area contributed by atoms with Crippen LogP contribution in [0.25, 0.3) is 5.69 Å². The summed E-state index contributed by atoms with van der Waals surface area (Å²) in [5.41, 5.74) is 3.34. The first kappa shape index (κ1) is 21.5. The van der Waals surface area contributed by atoms with Gasteiger partial charge in [0.2, 0.25) is 17.0 Å². The molecule has 0 radical (unpaired) electrons. The summed E-state index contributed by atoms with van der Waals surface area (Å²) in [6.45, 7) is 7.88. The van der Waals surface area contributed by atoms with Gasteiger partial charge < -0.3 is 10.6 Å². The maximum Gasteiger partial charge on any atom is 0.234 e. The monoisotopic (exact) mass is 424 g/mol. The van der Waals surface area contributed by atoms with Crippen LogP contribution in [0.3, 0.4) is 0 Å². The van der Waals surface area contributed by atoms with E-state index in [9.17, 15) is 9.59 Å².